The molecule has 0 aliphatic carbocycles. The summed E-state index contributed by atoms with van der Waals surface area (Å²) in [5, 5.41) is 66.0. The second-order valence-electron chi connectivity index (χ2n) is 18.2. The molecule has 59 heavy (non-hydrogen) atoms. The van der Waals surface area contributed by atoms with Crippen LogP contribution >= 0.6 is 11.3 Å². The van der Waals surface area contributed by atoms with E-state index in [1.807, 2.05) is 50.4 Å². The Labute approximate surface area is 355 Å². The van der Waals surface area contributed by atoms with E-state index in [9.17, 15) is 30.3 Å². The fraction of sp³-hybridized carbons (Fsp3) is 0.860. The Morgan fingerprint density at radius 2 is 1.64 bits per heavy atom. The van der Waals surface area contributed by atoms with Crippen molar-refractivity contribution in [2.75, 3.05) is 27.8 Å². The van der Waals surface area contributed by atoms with Crippen molar-refractivity contribution in [3.05, 3.63) is 22.4 Å². The van der Waals surface area contributed by atoms with E-state index in [1.165, 1.54) is 14.0 Å². The minimum atomic E-state index is -1.94. The first kappa shape index (κ1) is 49.9. The number of hydrogen-bond donors (Lipinski definition) is 5. The highest BCUT2D eigenvalue weighted by molar-refractivity contribution is 7.09. The zero-order valence-corrected chi connectivity index (χ0v) is 38.3. The van der Waals surface area contributed by atoms with E-state index in [0.717, 1.165) is 4.88 Å². The predicted molar refractivity (Wildman–Crippen MR) is 223 cm³/mol. The van der Waals surface area contributed by atoms with Gasteiger partial charge in [-0.3, -0.25) is 4.79 Å². The van der Waals surface area contributed by atoms with Gasteiger partial charge in [0.25, 0.3) is 0 Å². The number of oxime groups is 1. The van der Waals surface area contributed by atoms with Crippen LogP contribution in [0.25, 0.3) is 0 Å². The first-order valence-electron chi connectivity index (χ1n) is 21.2. The molecule has 5 N–H and O–H groups in total. The molecule has 1 aromatic heterocycles. The van der Waals surface area contributed by atoms with Gasteiger partial charge in [0.05, 0.1) is 53.4 Å². The number of thiophene rings is 1. The van der Waals surface area contributed by atoms with Crippen LogP contribution in [-0.2, 0) is 44.5 Å². The van der Waals surface area contributed by atoms with Gasteiger partial charge >= 0.3 is 5.97 Å². The Kier molecular flexibility index (Phi) is 17.4. The monoisotopic (exact) mass is 858 g/mol. The molecule has 3 aliphatic rings. The molecule has 0 aromatic carbocycles. The number of rotatable bonds is 11. The van der Waals surface area contributed by atoms with Gasteiger partial charge in [0.2, 0.25) is 0 Å². The topological polar surface area (TPSA) is 198 Å². The summed E-state index contributed by atoms with van der Waals surface area (Å²) in [4.78, 5) is 23.3. The van der Waals surface area contributed by atoms with E-state index in [2.05, 4.69) is 5.16 Å². The van der Waals surface area contributed by atoms with Crippen LogP contribution < -0.4 is 0 Å². The van der Waals surface area contributed by atoms with E-state index >= 15 is 0 Å². The molecule has 0 radical (unpaired) electrons. The normalized spacial score (nSPS) is 45.2. The Bertz CT molecular complexity index is 1500. The van der Waals surface area contributed by atoms with Gasteiger partial charge < -0.3 is 63.7 Å². The van der Waals surface area contributed by atoms with E-state index in [1.54, 1.807) is 59.8 Å². The lowest BCUT2D eigenvalue weighted by Gasteiger charge is -2.49. The van der Waals surface area contributed by atoms with Gasteiger partial charge in [0, 0.05) is 48.6 Å². The standard InChI is InChI=1S/C43H74N2O13S/c1-14-31-43(10,51)36(47)25(4)33(44-53-18-17-29-16-15-19-59-29)23(2)21-41(8,50)38(58-40-34(46)30(45(11)12)20-24(3)54-40)26(5)35(27(6)39(49)56-31)57-32-22-42(9,52-13)37(48)28(7)55-32/h15-16,19,23-28,30-32,34-38,40,46-48,50-51H,14,17-18,20-22H2,1-13H3/b44-33-/t23-,24-,25-,26+,27-,28+,30+,31+,32+,34-,35+,36-,37+,38-,40+,41+,42-,43-/m1/s1. The van der Waals surface area contributed by atoms with Crippen molar-refractivity contribution < 1.29 is 63.6 Å². The molecular weight excluding hydrogens is 785 g/mol. The number of likely N-dealkylation sites (N-methyl/N-ethyl adjacent to an activating group) is 1. The van der Waals surface area contributed by atoms with Crippen LogP contribution in [0, 0.1) is 23.7 Å². The first-order valence-corrected chi connectivity index (χ1v) is 22.1. The molecule has 0 amide bonds. The summed E-state index contributed by atoms with van der Waals surface area (Å²) in [6.45, 7) is 17.4. The number of aliphatic hydroxyl groups is 5. The fourth-order valence-electron chi connectivity index (χ4n) is 9.31. The third kappa shape index (κ3) is 11.6. The fourth-order valence-corrected chi connectivity index (χ4v) is 10.0. The molecule has 0 saturated carbocycles. The summed E-state index contributed by atoms with van der Waals surface area (Å²) < 4.78 is 37.8. The summed E-state index contributed by atoms with van der Waals surface area (Å²) in [7, 11) is 5.25. The number of nitrogens with zero attached hydrogens (tertiary/aromatic N) is 2. The molecule has 0 bridgehead atoms. The van der Waals surface area contributed by atoms with Crippen LogP contribution in [0.15, 0.2) is 22.7 Å². The summed E-state index contributed by atoms with van der Waals surface area (Å²) in [5.74, 6) is -3.98. The van der Waals surface area contributed by atoms with Gasteiger partial charge in [-0.25, -0.2) is 0 Å². The zero-order valence-electron chi connectivity index (χ0n) is 37.4. The minimum Gasteiger partial charge on any atom is -0.459 e. The number of ether oxygens (including phenoxy) is 6. The molecule has 18 atom stereocenters. The molecular formula is C43H74N2O13S. The van der Waals surface area contributed by atoms with Crippen molar-refractivity contribution in [1.82, 2.24) is 4.90 Å². The van der Waals surface area contributed by atoms with E-state index in [0.29, 0.717) is 18.6 Å². The summed E-state index contributed by atoms with van der Waals surface area (Å²) >= 11 is 1.60. The number of carbonyl (C=O) groups excluding carboxylic acids is 1. The van der Waals surface area contributed by atoms with Gasteiger partial charge in [-0.2, -0.15) is 0 Å². The predicted octanol–water partition coefficient (Wildman–Crippen LogP) is 3.89. The van der Waals surface area contributed by atoms with Crippen LogP contribution in [0.3, 0.4) is 0 Å². The number of aliphatic hydroxyl groups excluding tert-OH is 3. The van der Waals surface area contributed by atoms with Gasteiger partial charge in [0.15, 0.2) is 12.6 Å². The molecule has 1 aromatic rings. The molecule has 0 unspecified atom stereocenters. The SMILES string of the molecule is CC[C@@H]1OC(=O)[C@H](C)[C@@H](O[C@H]2C[C@@](C)(OC)[C@@H](O)[C@H](C)O2)[C@H](C)[C@@H](O[C@@H]2O[C@H](C)C[C@H](N(C)C)[C@H]2O)[C@@](C)(O)C[C@@H](C)/C(=N/OCCc2cccs2)[C@@H](C)[C@@H](O)[C@]1(C)O. The summed E-state index contributed by atoms with van der Waals surface area (Å²) in [5.41, 5.74) is -4.34. The van der Waals surface area contributed by atoms with Gasteiger partial charge in [0.1, 0.15) is 30.5 Å². The average Bonchev–Trinajstić information content (AvgIpc) is 3.69. The molecule has 4 rings (SSSR count). The number of carbonyl (C=O) groups is 1. The van der Waals surface area contributed by atoms with Crippen molar-refractivity contribution in [3.63, 3.8) is 0 Å². The molecule has 0 spiro atoms. The number of esters is 1. The van der Waals surface area contributed by atoms with Crippen molar-refractivity contribution >= 4 is 23.0 Å². The lowest BCUT2D eigenvalue weighted by Crippen LogP contribution is -2.61. The highest BCUT2D eigenvalue weighted by Gasteiger charge is 2.53. The molecule has 16 heteroatoms. The highest BCUT2D eigenvalue weighted by atomic mass is 32.1. The van der Waals surface area contributed by atoms with Crippen LogP contribution in [0.5, 0.6) is 0 Å². The molecule has 4 heterocycles. The third-order valence-corrected chi connectivity index (χ3v) is 14.0. The van der Waals surface area contributed by atoms with Gasteiger partial charge in [-0.1, -0.05) is 38.9 Å². The van der Waals surface area contributed by atoms with Crippen LogP contribution in [0.2, 0.25) is 0 Å². The summed E-state index contributed by atoms with van der Waals surface area (Å²) in [6.07, 6.45) is -8.62. The van der Waals surface area contributed by atoms with E-state index < -0.39 is 102 Å². The quantitative estimate of drug-likeness (QED) is 0.122. The smallest absolute Gasteiger partial charge is 0.311 e. The second kappa shape index (κ2) is 20.6. The van der Waals surface area contributed by atoms with Gasteiger partial charge in [-0.05, 0) is 86.3 Å². The highest BCUT2D eigenvalue weighted by Crippen LogP contribution is 2.41. The van der Waals surface area contributed by atoms with Crippen molar-refractivity contribution in [3.8, 4) is 0 Å². The van der Waals surface area contributed by atoms with Gasteiger partial charge in [-0.15, -0.1) is 11.3 Å². The first-order chi connectivity index (χ1) is 27.5. The zero-order chi connectivity index (χ0) is 44.2. The third-order valence-electron chi connectivity index (χ3n) is 13.0. The molecule has 3 fully saturated rings. The molecule has 3 aliphatic heterocycles. The largest absolute Gasteiger partial charge is 0.459 e. The van der Waals surface area contributed by atoms with Crippen LogP contribution in [-0.4, -0.2) is 154 Å². The average molecular weight is 859 g/mol. The van der Waals surface area contributed by atoms with Crippen molar-refractivity contribution in [2.45, 2.75) is 186 Å². The van der Waals surface area contributed by atoms with Crippen LogP contribution in [0.1, 0.15) is 99.8 Å². The van der Waals surface area contributed by atoms with Crippen molar-refractivity contribution in [2.24, 2.45) is 28.8 Å². The van der Waals surface area contributed by atoms with E-state index in [4.69, 9.17) is 33.3 Å². The lowest BCUT2D eigenvalue weighted by molar-refractivity contribution is -0.317. The minimum absolute atomic E-state index is 0.0114. The summed E-state index contributed by atoms with van der Waals surface area (Å²) in [6, 6.07) is 3.65. The number of cyclic esters (lactones) is 1. The molecule has 3 saturated heterocycles. The maximum Gasteiger partial charge on any atom is 0.311 e. The second-order valence-corrected chi connectivity index (χ2v) is 19.3. The Morgan fingerprint density at radius 1 is 0.966 bits per heavy atom. The van der Waals surface area contributed by atoms with Crippen molar-refractivity contribution in [1.29, 1.82) is 0 Å². The number of hydrogen-bond acceptors (Lipinski definition) is 16. The maximum absolute atomic E-state index is 14.4. The number of methoxy groups -OCH3 is 1. The Morgan fingerprint density at radius 3 is 2.24 bits per heavy atom. The Balaban J connectivity index is 1.85. The Hall–Kier alpha value is -1.80. The van der Waals surface area contributed by atoms with Crippen LogP contribution in [0.4, 0.5) is 0 Å². The molecule has 340 valence electrons. The van der Waals surface area contributed by atoms with E-state index in [-0.39, 0.29) is 38.0 Å². The lowest BCUT2D eigenvalue weighted by atomic mass is 9.73. The molecule has 15 nitrogen and oxygen atoms in total. The maximum atomic E-state index is 14.4.